The van der Waals surface area contributed by atoms with Gasteiger partial charge >= 0.3 is 11.9 Å². The minimum atomic E-state index is -0.931. The molecule has 0 bridgehead atoms. The number of hydrogen-bond acceptors (Lipinski definition) is 6. The van der Waals surface area contributed by atoms with E-state index in [1.165, 1.54) is 30.3 Å². The first-order valence-electron chi connectivity index (χ1n) is 6.78. The number of nitrogens with one attached hydrogen (secondary N) is 1. The molecule has 2 heterocycles. The molecule has 1 aliphatic heterocycles. The van der Waals surface area contributed by atoms with Crippen molar-refractivity contribution < 1.29 is 23.7 Å². The molecule has 0 aliphatic carbocycles. The van der Waals surface area contributed by atoms with Gasteiger partial charge in [-0.3, -0.25) is 25.0 Å². The second-order valence-corrected chi connectivity index (χ2v) is 5.30. The summed E-state index contributed by atoms with van der Waals surface area (Å²) < 4.78 is 4.90. The number of halogens is 1. The lowest BCUT2D eigenvalue weighted by Gasteiger charge is -2.26. The Kier molecular flexibility index (Phi) is 4.07. The molecule has 25 heavy (non-hydrogen) atoms. The van der Waals surface area contributed by atoms with E-state index in [4.69, 9.17) is 16.0 Å². The van der Waals surface area contributed by atoms with E-state index >= 15 is 0 Å². The van der Waals surface area contributed by atoms with E-state index in [0.717, 1.165) is 17.0 Å². The highest BCUT2D eigenvalue weighted by Crippen LogP contribution is 2.24. The third-order valence-corrected chi connectivity index (χ3v) is 3.52. The van der Waals surface area contributed by atoms with Crippen LogP contribution in [0.5, 0.6) is 0 Å². The molecule has 10 heteroatoms. The number of furan rings is 1. The second kappa shape index (κ2) is 6.21. The zero-order valence-electron chi connectivity index (χ0n) is 12.3. The van der Waals surface area contributed by atoms with Gasteiger partial charge in [0.1, 0.15) is 16.3 Å². The van der Waals surface area contributed by atoms with Gasteiger partial charge in [-0.15, -0.1) is 0 Å². The Morgan fingerprint density at radius 3 is 2.40 bits per heavy atom. The van der Waals surface area contributed by atoms with Crippen molar-refractivity contribution in [1.82, 2.24) is 5.32 Å². The fourth-order valence-electron chi connectivity index (χ4n) is 2.14. The number of carbonyl (C=O) groups is 3. The van der Waals surface area contributed by atoms with Crippen molar-refractivity contribution in [3.63, 3.8) is 0 Å². The van der Waals surface area contributed by atoms with Crippen molar-refractivity contribution >= 4 is 47.1 Å². The summed E-state index contributed by atoms with van der Waals surface area (Å²) in [5.41, 5.74) is -0.200. The lowest BCUT2D eigenvalue weighted by Crippen LogP contribution is -2.54. The summed E-state index contributed by atoms with van der Waals surface area (Å²) in [6.45, 7) is 0. The summed E-state index contributed by atoms with van der Waals surface area (Å²) in [7, 11) is 0. The fraction of sp³-hybridized carbons (Fsp3) is 0. The normalized spacial score (nSPS) is 16.3. The molecule has 2 aromatic rings. The highest BCUT2D eigenvalue weighted by molar-refractivity contribution is 6.39. The molecule has 1 fully saturated rings. The van der Waals surface area contributed by atoms with Crippen molar-refractivity contribution in [2.24, 2.45) is 0 Å². The molecule has 1 aromatic carbocycles. The molecular weight excluding hydrogens is 354 g/mol. The summed E-state index contributed by atoms with van der Waals surface area (Å²) >= 11 is 5.77. The van der Waals surface area contributed by atoms with E-state index < -0.39 is 34.2 Å². The lowest BCUT2D eigenvalue weighted by atomic mass is 10.1. The van der Waals surface area contributed by atoms with Crippen LogP contribution < -0.4 is 10.2 Å². The summed E-state index contributed by atoms with van der Waals surface area (Å²) in [6.07, 6.45) is 1.03. The van der Waals surface area contributed by atoms with Gasteiger partial charge < -0.3 is 4.42 Å². The van der Waals surface area contributed by atoms with Crippen molar-refractivity contribution in [2.45, 2.75) is 0 Å². The minimum absolute atomic E-state index is 0.0735. The number of urea groups is 1. The van der Waals surface area contributed by atoms with Crippen LogP contribution in [0.25, 0.3) is 6.08 Å². The third-order valence-electron chi connectivity index (χ3n) is 3.27. The summed E-state index contributed by atoms with van der Waals surface area (Å²) in [6, 6.07) is 7.23. The minimum Gasteiger partial charge on any atom is -0.401 e. The van der Waals surface area contributed by atoms with Crippen LogP contribution in [-0.4, -0.2) is 22.8 Å². The zero-order valence-corrected chi connectivity index (χ0v) is 13.0. The number of nitrogens with zero attached hydrogens (tertiary/aromatic N) is 2. The Morgan fingerprint density at radius 2 is 1.80 bits per heavy atom. The van der Waals surface area contributed by atoms with Gasteiger partial charge in [-0.05, 0) is 36.4 Å². The maximum Gasteiger partial charge on any atom is 0.433 e. The van der Waals surface area contributed by atoms with Crippen molar-refractivity contribution in [2.75, 3.05) is 4.90 Å². The maximum atomic E-state index is 12.5. The molecule has 0 unspecified atom stereocenters. The molecule has 1 aromatic heterocycles. The SMILES string of the molecule is O=C1NC(=O)N(c2ccc(Cl)cc2)C(=O)/C1=C\c1ccc([N+](=O)[O-])o1. The van der Waals surface area contributed by atoms with Gasteiger partial charge in [-0.25, -0.2) is 9.69 Å². The van der Waals surface area contributed by atoms with E-state index in [1.54, 1.807) is 0 Å². The number of anilines is 1. The van der Waals surface area contributed by atoms with Crippen LogP contribution in [-0.2, 0) is 9.59 Å². The lowest BCUT2D eigenvalue weighted by molar-refractivity contribution is -0.402. The number of rotatable bonds is 3. The Hall–Kier alpha value is -3.46. The fourth-order valence-corrected chi connectivity index (χ4v) is 2.27. The third kappa shape index (κ3) is 3.12. The zero-order chi connectivity index (χ0) is 18.1. The summed E-state index contributed by atoms with van der Waals surface area (Å²) in [5, 5.41) is 13.1. The molecule has 1 aliphatic rings. The number of hydrogen-bond donors (Lipinski definition) is 1. The van der Waals surface area contributed by atoms with Gasteiger partial charge in [-0.2, -0.15) is 0 Å². The van der Waals surface area contributed by atoms with Crippen LogP contribution in [0, 0.1) is 10.1 Å². The van der Waals surface area contributed by atoms with E-state index in [9.17, 15) is 24.5 Å². The van der Waals surface area contributed by atoms with Gasteiger partial charge in [-0.1, -0.05) is 11.6 Å². The summed E-state index contributed by atoms with van der Waals surface area (Å²) in [4.78, 5) is 47.1. The predicted octanol–water partition coefficient (Wildman–Crippen LogP) is 2.51. The van der Waals surface area contributed by atoms with Gasteiger partial charge in [0.05, 0.1) is 11.8 Å². The van der Waals surface area contributed by atoms with E-state index in [2.05, 4.69) is 0 Å². The van der Waals surface area contributed by atoms with Crippen molar-refractivity contribution in [3.05, 3.63) is 62.9 Å². The molecular formula is C15H8ClN3O6. The Labute approximate surface area is 144 Å². The van der Waals surface area contributed by atoms with Crippen molar-refractivity contribution in [1.29, 1.82) is 0 Å². The highest BCUT2D eigenvalue weighted by Gasteiger charge is 2.37. The topological polar surface area (TPSA) is 123 Å². The Balaban J connectivity index is 1.98. The predicted molar refractivity (Wildman–Crippen MR) is 85.8 cm³/mol. The Morgan fingerprint density at radius 1 is 1.12 bits per heavy atom. The molecule has 1 saturated heterocycles. The molecule has 9 nitrogen and oxygen atoms in total. The number of carbonyl (C=O) groups excluding carboxylic acids is 3. The molecule has 0 radical (unpaired) electrons. The van der Waals surface area contributed by atoms with Crippen LogP contribution in [0.15, 0.2) is 46.4 Å². The molecule has 126 valence electrons. The van der Waals surface area contributed by atoms with Crippen LogP contribution in [0.1, 0.15) is 5.76 Å². The number of benzene rings is 1. The number of barbiturate groups is 1. The maximum absolute atomic E-state index is 12.5. The van der Waals surface area contributed by atoms with E-state index in [1.807, 2.05) is 5.32 Å². The highest BCUT2D eigenvalue weighted by atomic mass is 35.5. The molecule has 3 rings (SSSR count). The number of imide groups is 2. The molecule has 0 spiro atoms. The van der Waals surface area contributed by atoms with Gasteiger partial charge in [0, 0.05) is 5.02 Å². The largest absolute Gasteiger partial charge is 0.433 e. The van der Waals surface area contributed by atoms with Gasteiger partial charge in [0.25, 0.3) is 11.8 Å². The van der Waals surface area contributed by atoms with E-state index in [-0.39, 0.29) is 11.4 Å². The van der Waals surface area contributed by atoms with E-state index in [0.29, 0.717) is 5.02 Å². The quantitative estimate of drug-likeness (QED) is 0.388. The van der Waals surface area contributed by atoms with Crippen molar-refractivity contribution in [3.8, 4) is 0 Å². The summed E-state index contributed by atoms with van der Waals surface area (Å²) in [5.74, 6) is -2.44. The molecule has 1 N–H and O–H groups in total. The average molecular weight is 362 g/mol. The average Bonchev–Trinajstić information content (AvgIpc) is 3.02. The first-order chi connectivity index (χ1) is 11.9. The van der Waals surface area contributed by atoms with Gasteiger partial charge in [0.2, 0.25) is 0 Å². The molecule has 0 atom stereocenters. The van der Waals surface area contributed by atoms with Crippen LogP contribution in [0.4, 0.5) is 16.4 Å². The molecule has 4 amide bonds. The number of amides is 4. The monoisotopic (exact) mass is 361 g/mol. The van der Waals surface area contributed by atoms with Crippen LogP contribution >= 0.6 is 11.6 Å². The van der Waals surface area contributed by atoms with Crippen LogP contribution in [0.3, 0.4) is 0 Å². The standard InChI is InChI=1S/C15H8ClN3O6/c16-8-1-3-9(4-2-8)18-14(21)11(13(20)17-15(18)22)7-10-5-6-12(25-10)19(23)24/h1-7H,(H,17,20,22)/b11-7-. The second-order valence-electron chi connectivity index (χ2n) is 4.87. The van der Waals surface area contributed by atoms with Crippen LogP contribution in [0.2, 0.25) is 5.02 Å². The first kappa shape index (κ1) is 16.4. The number of nitro groups is 1. The van der Waals surface area contributed by atoms with Gasteiger partial charge in [0.15, 0.2) is 0 Å². The smallest absolute Gasteiger partial charge is 0.401 e. The first-order valence-corrected chi connectivity index (χ1v) is 7.16. The Bertz CT molecular complexity index is 931. The molecule has 0 saturated carbocycles.